The molecule has 0 unspecified atom stereocenters. The predicted molar refractivity (Wildman–Crippen MR) is 42.1 cm³/mol. The van der Waals surface area contributed by atoms with Crippen LogP contribution in [0.3, 0.4) is 0 Å². The smallest absolute Gasteiger partial charge is 1.00 e. The summed E-state index contributed by atoms with van der Waals surface area (Å²) in [6, 6.07) is 0. The zero-order valence-electron chi connectivity index (χ0n) is 8.76. The first kappa shape index (κ1) is 14.6. The minimum absolute atomic E-state index is 0. The Morgan fingerprint density at radius 2 is 1.73 bits per heavy atom. The molecule has 0 aromatic heterocycles. The second-order valence-electron chi connectivity index (χ2n) is 2.61. The van der Waals surface area contributed by atoms with Crippen LogP contribution in [-0.2, 0) is 4.79 Å². The second-order valence-corrected chi connectivity index (χ2v) is 2.61. The van der Waals surface area contributed by atoms with E-state index in [0.717, 1.165) is 25.7 Å². The van der Waals surface area contributed by atoms with Crippen molar-refractivity contribution in [2.24, 2.45) is 5.92 Å². The fraction of sp³-hybridized carbons (Fsp3) is 0.875. The van der Waals surface area contributed by atoms with E-state index >= 15 is 0 Å². The number of aliphatic carboxylic acids is 1. The third-order valence-electron chi connectivity index (χ3n) is 1.62. The first-order valence-electron chi connectivity index (χ1n) is 3.95. The SMILES string of the molecule is CCCC(CCC)C(=O)O.[H-].[K+]. The average molecular weight is 184 g/mol. The van der Waals surface area contributed by atoms with Crippen LogP contribution in [-0.4, -0.2) is 11.1 Å². The van der Waals surface area contributed by atoms with E-state index in [-0.39, 0.29) is 58.7 Å². The minimum Gasteiger partial charge on any atom is -1.00 e. The Hall–Kier alpha value is 1.11. The van der Waals surface area contributed by atoms with Crippen molar-refractivity contribution in [2.75, 3.05) is 0 Å². The van der Waals surface area contributed by atoms with Gasteiger partial charge in [-0.3, -0.25) is 4.79 Å². The number of carboxylic acids is 1. The summed E-state index contributed by atoms with van der Waals surface area (Å²) in [6.07, 6.45) is 3.58. The summed E-state index contributed by atoms with van der Waals surface area (Å²) < 4.78 is 0. The van der Waals surface area contributed by atoms with Gasteiger partial charge in [-0.15, -0.1) is 0 Å². The summed E-state index contributed by atoms with van der Waals surface area (Å²) in [5.74, 6) is -0.737. The van der Waals surface area contributed by atoms with Gasteiger partial charge in [0.15, 0.2) is 0 Å². The van der Waals surface area contributed by atoms with Crippen molar-refractivity contribution in [3.8, 4) is 0 Å². The molecule has 0 saturated carbocycles. The molecule has 2 nitrogen and oxygen atoms in total. The molecule has 0 fully saturated rings. The Balaban J connectivity index is -0.000000405. The second kappa shape index (κ2) is 9.20. The Kier molecular flexibility index (Phi) is 12.2. The van der Waals surface area contributed by atoms with Crippen LogP contribution in [0.1, 0.15) is 41.0 Å². The standard InChI is InChI=1S/C8H16O2.K.H/c1-3-5-7(6-4-2)8(9)10;;/h7H,3-6H2,1-2H3,(H,9,10);;/q;+1;-1. The number of hydrogen-bond acceptors (Lipinski definition) is 1. The maximum Gasteiger partial charge on any atom is 1.00 e. The molecule has 1 N–H and O–H groups in total. The van der Waals surface area contributed by atoms with Crippen LogP contribution in [0.5, 0.6) is 0 Å². The van der Waals surface area contributed by atoms with Crippen LogP contribution >= 0.6 is 0 Å². The van der Waals surface area contributed by atoms with E-state index in [9.17, 15) is 4.79 Å². The molecule has 0 saturated heterocycles. The maximum atomic E-state index is 10.5. The monoisotopic (exact) mass is 184 g/mol. The van der Waals surface area contributed by atoms with Crippen LogP contribution < -0.4 is 51.4 Å². The van der Waals surface area contributed by atoms with E-state index in [1.54, 1.807) is 0 Å². The van der Waals surface area contributed by atoms with Crippen LogP contribution in [0, 0.1) is 5.92 Å². The molecule has 0 aliphatic heterocycles. The van der Waals surface area contributed by atoms with Crippen molar-refractivity contribution in [2.45, 2.75) is 39.5 Å². The van der Waals surface area contributed by atoms with Gasteiger partial charge in [0.2, 0.25) is 0 Å². The maximum absolute atomic E-state index is 10.5. The van der Waals surface area contributed by atoms with Gasteiger partial charge >= 0.3 is 57.4 Å². The van der Waals surface area contributed by atoms with Gasteiger partial charge in [-0.1, -0.05) is 26.7 Å². The molecule has 0 bridgehead atoms. The summed E-state index contributed by atoms with van der Waals surface area (Å²) in [6.45, 7) is 4.04. The van der Waals surface area contributed by atoms with Gasteiger partial charge in [-0.25, -0.2) is 0 Å². The predicted octanol–water partition coefficient (Wildman–Crippen LogP) is -0.596. The quantitative estimate of drug-likeness (QED) is 0.580. The van der Waals surface area contributed by atoms with Gasteiger partial charge in [0, 0.05) is 0 Å². The molecule has 0 spiro atoms. The van der Waals surface area contributed by atoms with Crippen molar-refractivity contribution < 1.29 is 62.7 Å². The van der Waals surface area contributed by atoms with Crippen LogP contribution in [0.25, 0.3) is 0 Å². The van der Waals surface area contributed by atoms with Crippen LogP contribution in [0.2, 0.25) is 0 Å². The van der Waals surface area contributed by atoms with E-state index in [2.05, 4.69) is 0 Å². The van der Waals surface area contributed by atoms with E-state index < -0.39 is 5.97 Å². The fourth-order valence-corrected chi connectivity index (χ4v) is 1.09. The third kappa shape index (κ3) is 7.47. The van der Waals surface area contributed by atoms with E-state index in [4.69, 9.17) is 5.11 Å². The Morgan fingerprint density at radius 3 is 1.91 bits per heavy atom. The third-order valence-corrected chi connectivity index (χ3v) is 1.62. The zero-order valence-corrected chi connectivity index (χ0v) is 10.9. The molecular formula is C8H17KO2. The summed E-state index contributed by atoms with van der Waals surface area (Å²) in [5.41, 5.74) is 0. The Labute approximate surface area is 113 Å². The molecule has 0 heterocycles. The molecule has 0 amide bonds. The van der Waals surface area contributed by atoms with E-state index in [0.29, 0.717) is 0 Å². The Morgan fingerprint density at radius 1 is 1.36 bits per heavy atom. The van der Waals surface area contributed by atoms with Crippen molar-refractivity contribution >= 4 is 5.97 Å². The van der Waals surface area contributed by atoms with Crippen LogP contribution in [0.15, 0.2) is 0 Å². The molecule has 0 atom stereocenters. The average Bonchev–Trinajstić information content (AvgIpc) is 1.87. The Bertz CT molecular complexity index is 103. The van der Waals surface area contributed by atoms with Gasteiger partial charge in [0.05, 0.1) is 5.92 Å². The normalized spacial score (nSPS) is 9.36. The van der Waals surface area contributed by atoms with Gasteiger partial charge in [0.25, 0.3) is 0 Å². The molecule has 11 heavy (non-hydrogen) atoms. The van der Waals surface area contributed by atoms with Crippen molar-refractivity contribution in [1.29, 1.82) is 0 Å². The summed E-state index contributed by atoms with van der Waals surface area (Å²) in [5, 5.41) is 8.64. The van der Waals surface area contributed by atoms with Crippen molar-refractivity contribution in [3.05, 3.63) is 0 Å². The molecule has 0 aromatic rings. The van der Waals surface area contributed by atoms with Gasteiger partial charge in [-0.2, -0.15) is 0 Å². The number of carboxylic acid groups (broad SMARTS) is 1. The molecule has 0 aliphatic rings. The fourth-order valence-electron chi connectivity index (χ4n) is 1.09. The molecule has 0 rings (SSSR count). The number of hydrogen-bond donors (Lipinski definition) is 1. The summed E-state index contributed by atoms with van der Waals surface area (Å²) in [7, 11) is 0. The zero-order chi connectivity index (χ0) is 7.98. The topological polar surface area (TPSA) is 37.3 Å². The molecule has 0 aromatic carbocycles. The van der Waals surface area contributed by atoms with Gasteiger partial charge in [-0.05, 0) is 12.8 Å². The van der Waals surface area contributed by atoms with Crippen molar-refractivity contribution in [1.82, 2.24) is 0 Å². The van der Waals surface area contributed by atoms with E-state index in [1.165, 1.54) is 0 Å². The van der Waals surface area contributed by atoms with Gasteiger partial charge in [0.1, 0.15) is 0 Å². The first-order valence-corrected chi connectivity index (χ1v) is 3.95. The van der Waals surface area contributed by atoms with Gasteiger partial charge < -0.3 is 6.53 Å². The molecule has 0 aliphatic carbocycles. The van der Waals surface area contributed by atoms with Crippen LogP contribution in [0.4, 0.5) is 0 Å². The summed E-state index contributed by atoms with van der Waals surface area (Å²) in [4.78, 5) is 10.5. The first-order chi connectivity index (χ1) is 4.72. The summed E-state index contributed by atoms with van der Waals surface area (Å²) >= 11 is 0. The number of carbonyl (C=O) groups is 1. The molecule has 3 heteroatoms. The molecule has 0 radical (unpaired) electrons. The molecular weight excluding hydrogens is 167 g/mol. The van der Waals surface area contributed by atoms with E-state index in [1.807, 2.05) is 13.8 Å². The van der Waals surface area contributed by atoms with Crippen molar-refractivity contribution in [3.63, 3.8) is 0 Å². The largest absolute Gasteiger partial charge is 1.00 e. The molecule has 62 valence electrons. The minimum atomic E-state index is -0.635. The number of rotatable bonds is 5.